The molecule has 4 nitrogen and oxygen atoms in total. The van der Waals surface area contributed by atoms with E-state index in [0.717, 1.165) is 5.69 Å². The van der Waals surface area contributed by atoms with Crippen molar-refractivity contribution >= 4 is 34.7 Å². The quantitative estimate of drug-likeness (QED) is 0.830. The molecule has 0 saturated heterocycles. The van der Waals surface area contributed by atoms with Crippen LogP contribution in [0.4, 0.5) is 11.4 Å². The molecular weight excluding hydrogens is 288 g/mol. The summed E-state index contributed by atoms with van der Waals surface area (Å²) in [5.41, 5.74) is 1.90. The van der Waals surface area contributed by atoms with Crippen LogP contribution in [0, 0.1) is 0 Å². The molecule has 2 rings (SSSR count). The summed E-state index contributed by atoms with van der Waals surface area (Å²) in [4.78, 5) is 23.2. The number of carbonyl (C=O) groups excluding carboxylic acids is 2. The van der Waals surface area contributed by atoms with E-state index in [1.54, 1.807) is 48.5 Å². The van der Waals surface area contributed by atoms with Crippen LogP contribution in [-0.4, -0.2) is 18.2 Å². The maximum absolute atomic E-state index is 11.9. The van der Waals surface area contributed by atoms with Gasteiger partial charge in [-0.05, 0) is 31.2 Å². The number of benzene rings is 2. The molecule has 2 aromatic carbocycles. The number of nitrogens with one attached hydrogen (secondary N) is 2. The molecule has 0 aliphatic carbocycles. The Morgan fingerprint density at radius 2 is 1.86 bits per heavy atom. The van der Waals surface area contributed by atoms with Gasteiger partial charge in [-0.15, -0.1) is 0 Å². The van der Waals surface area contributed by atoms with Crippen molar-refractivity contribution in [2.24, 2.45) is 0 Å². The maximum atomic E-state index is 11.9. The minimum absolute atomic E-state index is 0.0147. The number of halogens is 1. The summed E-state index contributed by atoms with van der Waals surface area (Å²) in [6, 6.07) is 14.1. The van der Waals surface area contributed by atoms with Gasteiger partial charge in [0.15, 0.2) is 5.78 Å². The van der Waals surface area contributed by atoms with Crippen LogP contribution in [0.25, 0.3) is 0 Å². The Morgan fingerprint density at radius 1 is 1.10 bits per heavy atom. The second kappa shape index (κ2) is 6.90. The van der Waals surface area contributed by atoms with E-state index in [1.807, 2.05) is 0 Å². The molecular formula is C16H15ClN2O2. The zero-order valence-electron chi connectivity index (χ0n) is 11.5. The highest BCUT2D eigenvalue weighted by atomic mass is 35.5. The summed E-state index contributed by atoms with van der Waals surface area (Å²) in [6.45, 7) is 1.59. The molecule has 0 atom stereocenters. The molecule has 108 valence electrons. The van der Waals surface area contributed by atoms with Gasteiger partial charge in [0, 0.05) is 11.3 Å². The zero-order chi connectivity index (χ0) is 15.2. The van der Waals surface area contributed by atoms with E-state index < -0.39 is 0 Å². The molecule has 5 heteroatoms. The lowest BCUT2D eigenvalue weighted by Crippen LogP contribution is -2.21. The standard InChI is InChI=1S/C16H15ClN2O2/c1-11(20)12-5-4-6-13(9-12)18-10-16(21)19-15-8-3-2-7-14(15)17/h2-9,18H,10H2,1H3,(H,19,21). The SMILES string of the molecule is CC(=O)c1cccc(NCC(=O)Nc2ccccc2Cl)c1. The average molecular weight is 303 g/mol. The molecule has 21 heavy (non-hydrogen) atoms. The predicted molar refractivity (Wildman–Crippen MR) is 85.0 cm³/mol. The highest BCUT2D eigenvalue weighted by Gasteiger charge is 2.06. The molecule has 0 aliphatic rings. The van der Waals surface area contributed by atoms with Gasteiger partial charge in [-0.3, -0.25) is 9.59 Å². The first kappa shape index (κ1) is 15.1. The Labute approximate surface area is 128 Å². The van der Waals surface area contributed by atoms with Gasteiger partial charge in [0.1, 0.15) is 0 Å². The van der Waals surface area contributed by atoms with E-state index in [0.29, 0.717) is 16.3 Å². The van der Waals surface area contributed by atoms with Crippen molar-refractivity contribution in [3.63, 3.8) is 0 Å². The Morgan fingerprint density at radius 3 is 2.57 bits per heavy atom. The lowest BCUT2D eigenvalue weighted by Gasteiger charge is -2.09. The minimum Gasteiger partial charge on any atom is -0.376 e. The molecule has 0 unspecified atom stereocenters. The second-order valence-corrected chi connectivity index (χ2v) is 4.93. The molecule has 1 amide bonds. The monoisotopic (exact) mass is 302 g/mol. The number of amides is 1. The summed E-state index contributed by atoms with van der Waals surface area (Å²) in [7, 11) is 0. The molecule has 0 heterocycles. The molecule has 0 aliphatic heterocycles. The van der Waals surface area contributed by atoms with E-state index in [9.17, 15) is 9.59 Å². The summed E-state index contributed by atoms with van der Waals surface area (Å²) in [5.74, 6) is -0.226. The lowest BCUT2D eigenvalue weighted by molar-refractivity contribution is -0.114. The fraction of sp³-hybridized carbons (Fsp3) is 0.125. The van der Waals surface area contributed by atoms with Gasteiger partial charge in [-0.25, -0.2) is 0 Å². The Kier molecular flexibility index (Phi) is 4.95. The van der Waals surface area contributed by atoms with Crippen molar-refractivity contribution in [3.8, 4) is 0 Å². The van der Waals surface area contributed by atoms with E-state index in [4.69, 9.17) is 11.6 Å². The first-order valence-corrected chi connectivity index (χ1v) is 6.83. The van der Waals surface area contributed by atoms with Gasteiger partial charge in [-0.2, -0.15) is 0 Å². The highest BCUT2D eigenvalue weighted by molar-refractivity contribution is 6.33. The van der Waals surface area contributed by atoms with Crippen LogP contribution >= 0.6 is 11.6 Å². The van der Waals surface area contributed by atoms with Crippen LogP contribution in [0.5, 0.6) is 0 Å². The molecule has 0 aromatic heterocycles. The number of Topliss-reactive ketones (excluding diaryl/α,β-unsaturated/α-hetero) is 1. The van der Waals surface area contributed by atoms with Gasteiger partial charge in [0.05, 0.1) is 17.3 Å². The Bertz CT molecular complexity index is 671. The highest BCUT2D eigenvalue weighted by Crippen LogP contribution is 2.20. The normalized spacial score (nSPS) is 10.0. The number of para-hydroxylation sites is 1. The summed E-state index contributed by atoms with van der Waals surface area (Å²) in [5, 5.41) is 6.18. The van der Waals surface area contributed by atoms with E-state index in [2.05, 4.69) is 10.6 Å². The van der Waals surface area contributed by atoms with E-state index in [-0.39, 0.29) is 18.2 Å². The summed E-state index contributed by atoms with van der Waals surface area (Å²) < 4.78 is 0. The topological polar surface area (TPSA) is 58.2 Å². The third kappa shape index (κ3) is 4.33. The van der Waals surface area contributed by atoms with Crippen LogP contribution in [0.2, 0.25) is 5.02 Å². The molecule has 0 radical (unpaired) electrons. The van der Waals surface area contributed by atoms with Crippen molar-refractivity contribution in [1.82, 2.24) is 0 Å². The maximum Gasteiger partial charge on any atom is 0.243 e. The Balaban J connectivity index is 1.94. The molecule has 2 aromatic rings. The van der Waals surface area contributed by atoms with Gasteiger partial charge in [0.2, 0.25) is 5.91 Å². The predicted octanol–water partition coefficient (Wildman–Crippen LogP) is 3.59. The van der Waals surface area contributed by atoms with Gasteiger partial charge < -0.3 is 10.6 Å². The van der Waals surface area contributed by atoms with Gasteiger partial charge in [0.25, 0.3) is 0 Å². The smallest absolute Gasteiger partial charge is 0.243 e. The van der Waals surface area contributed by atoms with Gasteiger partial charge in [-0.1, -0.05) is 35.9 Å². The molecule has 0 spiro atoms. The molecule has 0 saturated carbocycles. The zero-order valence-corrected chi connectivity index (χ0v) is 12.3. The van der Waals surface area contributed by atoms with Crippen molar-refractivity contribution in [3.05, 3.63) is 59.1 Å². The third-order valence-corrected chi connectivity index (χ3v) is 3.20. The number of ketones is 1. The number of hydrogen-bond donors (Lipinski definition) is 2. The number of rotatable bonds is 5. The minimum atomic E-state index is -0.212. The number of carbonyl (C=O) groups is 2. The van der Waals surface area contributed by atoms with Crippen LogP contribution < -0.4 is 10.6 Å². The van der Waals surface area contributed by atoms with Crippen molar-refractivity contribution in [2.75, 3.05) is 17.2 Å². The second-order valence-electron chi connectivity index (χ2n) is 4.52. The first-order valence-electron chi connectivity index (χ1n) is 6.45. The largest absolute Gasteiger partial charge is 0.376 e. The third-order valence-electron chi connectivity index (χ3n) is 2.87. The van der Waals surface area contributed by atoms with Crippen molar-refractivity contribution in [2.45, 2.75) is 6.92 Å². The fourth-order valence-corrected chi connectivity index (χ4v) is 1.97. The average Bonchev–Trinajstić information content (AvgIpc) is 2.48. The summed E-state index contributed by atoms with van der Waals surface area (Å²) in [6.07, 6.45) is 0. The first-order chi connectivity index (χ1) is 10.1. The fourth-order valence-electron chi connectivity index (χ4n) is 1.79. The molecule has 0 bridgehead atoms. The lowest BCUT2D eigenvalue weighted by atomic mass is 10.1. The summed E-state index contributed by atoms with van der Waals surface area (Å²) >= 11 is 5.97. The molecule has 0 fully saturated rings. The van der Waals surface area contributed by atoms with Crippen LogP contribution in [0.15, 0.2) is 48.5 Å². The Hall–Kier alpha value is -2.33. The van der Waals surface area contributed by atoms with Crippen LogP contribution in [-0.2, 0) is 4.79 Å². The van der Waals surface area contributed by atoms with Crippen LogP contribution in [0.1, 0.15) is 17.3 Å². The van der Waals surface area contributed by atoms with E-state index in [1.165, 1.54) is 6.92 Å². The van der Waals surface area contributed by atoms with E-state index >= 15 is 0 Å². The molecule has 2 N–H and O–H groups in total. The number of anilines is 2. The van der Waals surface area contributed by atoms with Crippen molar-refractivity contribution < 1.29 is 9.59 Å². The van der Waals surface area contributed by atoms with Gasteiger partial charge >= 0.3 is 0 Å². The number of hydrogen-bond acceptors (Lipinski definition) is 3. The van der Waals surface area contributed by atoms with Crippen LogP contribution in [0.3, 0.4) is 0 Å². The van der Waals surface area contributed by atoms with Crippen molar-refractivity contribution in [1.29, 1.82) is 0 Å².